The van der Waals surface area contributed by atoms with Gasteiger partial charge in [0.15, 0.2) is 0 Å². The van der Waals surface area contributed by atoms with Crippen LogP contribution < -0.4 is 5.32 Å². The first-order valence-electron chi connectivity index (χ1n) is 4.39. The number of hydrogen-bond acceptors (Lipinski definition) is 1. The van der Waals surface area contributed by atoms with Crippen molar-refractivity contribution in [3.8, 4) is 0 Å². The van der Waals surface area contributed by atoms with Crippen molar-refractivity contribution in [2.45, 2.75) is 20.8 Å². The Bertz CT molecular complexity index is 305. The Morgan fingerprint density at radius 3 is 2.77 bits per heavy atom. The molecule has 0 aliphatic heterocycles. The molecular formula is C11H14NO. The van der Waals surface area contributed by atoms with Crippen molar-refractivity contribution in [1.29, 1.82) is 0 Å². The third kappa shape index (κ3) is 2.58. The Balaban J connectivity index is 2.75. The Kier molecular flexibility index (Phi) is 3.07. The molecule has 0 aromatic heterocycles. The van der Waals surface area contributed by atoms with Crippen molar-refractivity contribution in [1.82, 2.24) is 0 Å². The van der Waals surface area contributed by atoms with Gasteiger partial charge in [0.1, 0.15) is 0 Å². The zero-order valence-corrected chi connectivity index (χ0v) is 8.22. The molecule has 1 radical (unpaired) electrons. The zero-order chi connectivity index (χ0) is 9.84. The van der Waals surface area contributed by atoms with Gasteiger partial charge in [0.2, 0.25) is 5.91 Å². The SMILES string of the molecule is Cc1cc[c]cc1NC(=O)C(C)C. The predicted molar refractivity (Wildman–Crippen MR) is 53.5 cm³/mol. The van der Waals surface area contributed by atoms with Crippen molar-refractivity contribution in [3.63, 3.8) is 0 Å². The van der Waals surface area contributed by atoms with Gasteiger partial charge in [-0.1, -0.05) is 26.0 Å². The number of rotatable bonds is 2. The van der Waals surface area contributed by atoms with Crippen LogP contribution in [0.15, 0.2) is 18.2 Å². The number of benzene rings is 1. The topological polar surface area (TPSA) is 29.1 Å². The van der Waals surface area contributed by atoms with E-state index in [-0.39, 0.29) is 11.8 Å². The smallest absolute Gasteiger partial charge is 0.226 e. The summed E-state index contributed by atoms with van der Waals surface area (Å²) in [6, 6.07) is 8.48. The van der Waals surface area contributed by atoms with Gasteiger partial charge in [0.05, 0.1) is 0 Å². The van der Waals surface area contributed by atoms with E-state index < -0.39 is 0 Å². The van der Waals surface area contributed by atoms with E-state index >= 15 is 0 Å². The molecule has 0 spiro atoms. The molecule has 0 aliphatic rings. The summed E-state index contributed by atoms with van der Waals surface area (Å²) in [4.78, 5) is 11.3. The molecule has 69 valence electrons. The van der Waals surface area contributed by atoms with E-state index in [1.54, 1.807) is 6.07 Å². The molecule has 1 rings (SSSR count). The monoisotopic (exact) mass is 176 g/mol. The average Bonchev–Trinajstić information content (AvgIpc) is 2.08. The van der Waals surface area contributed by atoms with Gasteiger partial charge in [-0.15, -0.1) is 0 Å². The van der Waals surface area contributed by atoms with Crippen LogP contribution in [0.3, 0.4) is 0 Å². The van der Waals surface area contributed by atoms with E-state index in [1.165, 1.54) is 0 Å². The second-order valence-corrected chi connectivity index (χ2v) is 3.38. The van der Waals surface area contributed by atoms with E-state index in [0.717, 1.165) is 11.3 Å². The van der Waals surface area contributed by atoms with Gasteiger partial charge >= 0.3 is 0 Å². The first kappa shape index (κ1) is 9.78. The maximum Gasteiger partial charge on any atom is 0.226 e. The van der Waals surface area contributed by atoms with Crippen LogP contribution in [-0.2, 0) is 4.79 Å². The number of anilines is 1. The van der Waals surface area contributed by atoms with Gasteiger partial charge in [0.25, 0.3) is 0 Å². The lowest BCUT2D eigenvalue weighted by atomic mass is 10.1. The van der Waals surface area contributed by atoms with Crippen LogP contribution >= 0.6 is 0 Å². The molecule has 0 saturated carbocycles. The fourth-order valence-electron chi connectivity index (χ4n) is 0.920. The Hall–Kier alpha value is -1.31. The maximum absolute atomic E-state index is 11.3. The number of carbonyl (C=O) groups excluding carboxylic acids is 1. The van der Waals surface area contributed by atoms with Crippen LogP contribution in [0, 0.1) is 18.9 Å². The van der Waals surface area contributed by atoms with Crippen LogP contribution in [0.4, 0.5) is 5.69 Å². The molecular weight excluding hydrogens is 162 g/mol. The summed E-state index contributed by atoms with van der Waals surface area (Å²) in [6.07, 6.45) is 0. The summed E-state index contributed by atoms with van der Waals surface area (Å²) in [5, 5.41) is 2.84. The summed E-state index contributed by atoms with van der Waals surface area (Å²) in [6.45, 7) is 5.71. The highest BCUT2D eigenvalue weighted by Crippen LogP contribution is 2.13. The summed E-state index contributed by atoms with van der Waals surface area (Å²) in [5.74, 6) is 0.0577. The highest BCUT2D eigenvalue weighted by Gasteiger charge is 2.07. The van der Waals surface area contributed by atoms with Crippen molar-refractivity contribution < 1.29 is 4.79 Å². The fourth-order valence-corrected chi connectivity index (χ4v) is 0.920. The molecule has 1 aromatic rings. The Morgan fingerprint density at radius 2 is 2.23 bits per heavy atom. The van der Waals surface area contributed by atoms with Gasteiger partial charge in [-0.2, -0.15) is 0 Å². The van der Waals surface area contributed by atoms with E-state index in [4.69, 9.17) is 0 Å². The van der Waals surface area contributed by atoms with E-state index in [0.29, 0.717) is 0 Å². The number of nitrogens with one attached hydrogen (secondary N) is 1. The molecule has 0 aliphatic carbocycles. The lowest BCUT2D eigenvalue weighted by Crippen LogP contribution is -2.18. The quantitative estimate of drug-likeness (QED) is 0.736. The van der Waals surface area contributed by atoms with Gasteiger partial charge in [-0.25, -0.2) is 0 Å². The molecule has 0 saturated heterocycles. The lowest BCUT2D eigenvalue weighted by Gasteiger charge is -2.09. The van der Waals surface area contributed by atoms with Crippen molar-refractivity contribution in [3.05, 3.63) is 29.8 Å². The first-order valence-corrected chi connectivity index (χ1v) is 4.39. The molecule has 0 atom stereocenters. The van der Waals surface area contributed by atoms with Gasteiger partial charge in [0, 0.05) is 11.6 Å². The summed E-state index contributed by atoms with van der Waals surface area (Å²) in [7, 11) is 0. The third-order valence-corrected chi connectivity index (χ3v) is 1.86. The summed E-state index contributed by atoms with van der Waals surface area (Å²) < 4.78 is 0. The van der Waals surface area contributed by atoms with Crippen LogP contribution in [0.25, 0.3) is 0 Å². The van der Waals surface area contributed by atoms with Crippen molar-refractivity contribution in [2.24, 2.45) is 5.92 Å². The third-order valence-electron chi connectivity index (χ3n) is 1.86. The van der Waals surface area contributed by atoms with Gasteiger partial charge < -0.3 is 5.32 Å². The van der Waals surface area contributed by atoms with Gasteiger partial charge in [-0.3, -0.25) is 4.79 Å². The molecule has 0 bridgehead atoms. The average molecular weight is 176 g/mol. The van der Waals surface area contributed by atoms with E-state index in [9.17, 15) is 4.79 Å². The number of carbonyl (C=O) groups is 1. The van der Waals surface area contributed by atoms with E-state index in [2.05, 4.69) is 11.4 Å². The predicted octanol–water partition coefficient (Wildman–Crippen LogP) is 2.39. The maximum atomic E-state index is 11.3. The molecule has 2 heteroatoms. The van der Waals surface area contributed by atoms with Crippen molar-refractivity contribution >= 4 is 11.6 Å². The minimum atomic E-state index is 0.0135. The highest BCUT2D eigenvalue weighted by molar-refractivity contribution is 5.92. The van der Waals surface area contributed by atoms with E-state index in [1.807, 2.05) is 32.9 Å². The number of hydrogen-bond donors (Lipinski definition) is 1. The number of amides is 1. The molecule has 2 nitrogen and oxygen atoms in total. The fraction of sp³-hybridized carbons (Fsp3) is 0.364. The minimum absolute atomic E-state index is 0.0135. The van der Waals surface area contributed by atoms with Crippen LogP contribution in [0.5, 0.6) is 0 Å². The summed E-state index contributed by atoms with van der Waals surface area (Å²) >= 11 is 0. The van der Waals surface area contributed by atoms with Crippen molar-refractivity contribution in [2.75, 3.05) is 5.32 Å². The Labute approximate surface area is 79.0 Å². The molecule has 0 heterocycles. The second kappa shape index (κ2) is 4.08. The lowest BCUT2D eigenvalue weighted by molar-refractivity contribution is -0.118. The second-order valence-electron chi connectivity index (χ2n) is 3.38. The molecule has 1 N–H and O–H groups in total. The molecule has 0 fully saturated rings. The molecule has 0 unspecified atom stereocenters. The largest absolute Gasteiger partial charge is 0.326 e. The van der Waals surface area contributed by atoms with Crippen LogP contribution in [-0.4, -0.2) is 5.91 Å². The highest BCUT2D eigenvalue weighted by atomic mass is 16.1. The normalized spacial score (nSPS) is 10.2. The molecule has 1 amide bonds. The van der Waals surface area contributed by atoms with Crippen LogP contribution in [0.1, 0.15) is 19.4 Å². The standard InChI is InChI=1S/C11H14NO/c1-8(2)11(13)12-10-7-5-4-6-9(10)3/h4,6-8H,1-3H3,(H,12,13). The van der Waals surface area contributed by atoms with Gasteiger partial charge in [-0.05, 0) is 24.6 Å². The first-order chi connectivity index (χ1) is 6.11. The molecule has 1 aromatic carbocycles. The summed E-state index contributed by atoms with van der Waals surface area (Å²) in [5.41, 5.74) is 1.91. The van der Waals surface area contributed by atoms with Crippen LogP contribution in [0.2, 0.25) is 0 Å². The molecule has 13 heavy (non-hydrogen) atoms. The number of aryl methyl sites for hydroxylation is 1. The minimum Gasteiger partial charge on any atom is -0.326 e. The Morgan fingerprint density at radius 1 is 1.54 bits per heavy atom. The zero-order valence-electron chi connectivity index (χ0n) is 8.22.